The van der Waals surface area contributed by atoms with Crippen LogP contribution in [0.15, 0.2) is 23.1 Å². The minimum absolute atomic E-state index is 0. The van der Waals surface area contributed by atoms with Crippen molar-refractivity contribution in [2.75, 3.05) is 13.7 Å². The molecule has 0 bridgehead atoms. The van der Waals surface area contributed by atoms with Crippen LogP contribution >= 0.6 is 12.4 Å². The highest BCUT2D eigenvalue weighted by molar-refractivity contribution is 7.89. The smallest absolute Gasteiger partial charge is 0.240 e. The number of nitrogens with two attached hydrogens (primary N) is 1. The fourth-order valence-electron chi connectivity index (χ4n) is 1.78. The number of ether oxygens (including phenoxy) is 1. The Morgan fingerprint density at radius 2 is 2.10 bits per heavy atom. The first-order valence-corrected chi connectivity index (χ1v) is 7.98. The molecule has 0 amide bonds. The zero-order valence-corrected chi connectivity index (χ0v) is 13.8. The Hall–Kier alpha value is -0.890. The minimum atomic E-state index is -3.78. The Morgan fingerprint density at radius 1 is 1.43 bits per heavy atom. The van der Waals surface area contributed by atoms with Gasteiger partial charge in [0, 0.05) is 12.6 Å². The van der Waals surface area contributed by atoms with E-state index >= 15 is 0 Å². The topological polar surface area (TPSA) is 81.4 Å². The van der Waals surface area contributed by atoms with Crippen molar-refractivity contribution in [3.05, 3.63) is 24.0 Å². The zero-order valence-electron chi connectivity index (χ0n) is 12.1. The number of sulfonamides is 1. The summed E-state index contributed by atoms with van der Waals surface area (Å²) in [6.45, 7) is 2.22. The molecule has 0 aliphatic rings. The molecule has 1 rings (SSSR count). The Bertz CT molecular complexity index is 540. The fourth-order valence-corrected chi connectivity index (χ4v) is 3.07. The molecule has 0 aliphatic carbocycles. The molecule has 0 spiro atoms. The van der Waals surface area contributed by atoms with Gasteiger partial charge < -0.3 is 10.5 Å². The van der Waals surface area contributed by atoms with Crippen molar-refractivity contribution in [1.82, 2.24) is 4.72 Å². The van der Waals surface area contributed by atoms with Gasteiger partial charge in [-0.2, -0.15) is 0 Å². The molecule has 0 radical (unpaired) electrons. The maximum Gasteiger partial charge on any atom is 0.240 e. The molecule has 0 aliphatic heterocycles. The predicted octanol–water partition coefficient (Wildman–Crippen LogP) is 2.05. The van der Waals surface area contributed by atoms with Crippen molar-refractivity contribution < 1.29 is 17.5 Å². The number of unbranched alkanes of at least 4 members (excludes halogenated alkanes) is 1. The van der Waals surface area contributed by atoms with E-state index < -0.39 is 15.8 Å². The molecule has 1 atom stereocenters. The van der Waals surface area contributed by atoms with Gasteiger partial charge in [-0.05, 0) is 24.6 Å². The van der Waals surface area contributed by atoms with Gasteiger partial charge in [0.05, 0.1) is 12.0 Å². The molecule has 5 nitrogen and oxygen atoms in total. The summed E-state index contributed by atoms with van der Waals surface area (Å²) in [5.74, 6) is -0.710. The van der Waals surface area contributed by atoms with E-state index in [1.54, 1.807) is 0 Å². The third-order valence-electron chi connectivity index (χ3n) is 2.95. The second-order valence-electron chi connectivity index (χ2n) is 4.49. The van der Waals surface area contributed by atoms with Crippen LogP contribution in [-0.2, 0) is 10.0 Å². The Balaban J connectivity index is 0.00000400. The molecule has 0 aromatic heterocycles. The van der Waals surface area contributed by atoms with Crippen LogP contribution in [0, 0.1) is 5.82 Å². The lowest BCUT2D eigenvalue weighted by atomic mass is 10.1. The van der Waals surface area contributed by atoms with Gasteiger partial charge in [-0.25, -0.2) is 17.5 Å². The number of methoxy groups -OCH3 is 1. The maximum atomic E-state index is 13.6. The van der Waals surface area contributed by atoms with Gasteiger partial charge in [-0.1, -0.05) is 19.8 Å². The molecule has 0 fully saturated rings. The largest absolute Gasteiger partial charge is 0.494 e. The quantitative estimate of drug-likeness (QED) is 0.759. The van der Waals surface area contributed by atoms with Crippen LogP contribution in [0.3, 0.4) is 0 Å². The Labute approximate surface area is 131 Å². The highest BCUT2D eigenvalue weighted by atomic mass is 35.5. The van der Waals surface area contributed by atoms with Gasteiger partial charge in [0.25, 0.3) is 0 Å². The maximum absolute atomic E-state index is 13.6. The van der Waals surface area contributed by atoms with Crippen molar-refractivity contribution >= 4 is 22.4 Å². The van der Waals surface area contributed by atoms with E-state index in [4.69, 9.17) is 10.5 Å². The summed E-state index contributed by atoms with van der Waals surface area (Å²) in [5, 5.41) is 0. The second-order valence-corrected chi connectivity index (χ2v) is 6.21. The number of hydrogen-bond acceptors (Lipinski definition) is 4. The second kappa shape index (κ2) is 9.19. The first kappa shape index (κ1) is 20.1. The molecule has 1 aromatic rings. The van der Waals surface area contributed by atoms with E-state index in [0.29, 0.717) is 6.42 Å². The average molecular weight is 341 g/mol. The molecular weight excluding hydrogens is 319 g/mol. The zero-order chi connectivity index (χ0) is 15.2. The third kappa shape index (κ3) is 5.78. The molecule has 3 N–H and O–H groups in total. The van der Waals surface area contributed by atoms with Crippen molar-refractivity contribution in [2.45, 2.75) is 37.1 Å². The van der Waals surface area contributed by atoms with Crippen LogP contribution < -0.4 is 15.2 Å². The molecule has 0 saturated carbocycles. The third-order valence-corrected chi connectivity index (χ3v) is 4.46. The average Bonchev–Trinajstić information content (AvgIpc) is 2.43. The van der Waals surface area contributed by atoms with Crippen LogP contribution in [-0.4, -0.2) is 28.1 Å². The lowest BCUT2D eigenvalue weighted by Gasteiger charge is -2.16. The van der Waals surface area contributed by atoms with E-state index in [1.165, 1.54) is 19.2 Å². The van der Waals surface area contributed by atoms with E-state index in [-0.39, 0.29) is 35.6 Å². The van der Waals surface area contributed by atoms with Crippen molar-refractivity contribution in [3.8, 4) is 5.75 Å². The monoisotopic (exact) mass is 340 g/mol. The highest BCUT2D eigenvalue weighted by Crippen LogP contribution is 2.20. The van der Waals surface area contributed by atoms with Gasteiger partial charge in [0.15, 0.2) is 11.6 Å². The number of halogens is 2. The first-order chi connectivity index (χ1) is 9.44. The normalized spacial score (nSPS) is 12.6. The van der Waals surface area contributed by atoms with Crippen LogP contribution in [0.25, 0.3) is 0 Å². The molecule has 21 heavy (non-hydrogen) atoms. The molecule has 1 aromatic carbocycles. The Morgan fingerprint density at radius 3 is 2.57 bits per heavy atom. The standard InChI is InChI=1S/C13H21FN2O3S.ClH/c1-3-4-5-10(9-15)16-20(17,18)11-6-7-13(19-2)12(14)8-11;/h6-8,10,16H,3-5,9,15H2,1-2H3;1H. The van der Waals surface area contributed by atoms with Crippen LogP contribution in [0.1, 0.15) is 26.2 Å². The van der Waals surface area contributed by atoms with Crippen LogP contribution in [0.4, 0.5) is 4.39 Å². The van der Waals surface area contributed by atoms with E-state index in [1.807, 2.05) is 6.92 Å². The molecule has 1 unspecified atom stereocenters. The summed E-state index contributed by atoms with van der Waals surface area (Å²) >= 11 is 0. The molecule has 8 heteroatoms. The molecule has 0 saturated heterocycles. The SMILES string of the molecule is CCCCC(CN)NS(=O)(=O)c1ccc(OC)c(F)c1.Cl. The van der Waals surface area contributed by atoms with Gasteiger partial charge in [-0.3, -0.25) is 0 Å². The number of hydrogen-bond donors (Lipinski definition) is 2. The first-order valence-electron chi connectivity index (χ1n) is 6.50. The summed E-state index contributed by atoms with van der Waals surface area (Å²) in [6, 6.07) is 3.18. The summed E-state index contributed by atoms with van der Waals surface area (Å²) < 4.78 is 45.1. The Kier molecular flexibility index (Phi) is 8.80. The van der Waals surface area contributed by atoms with Gasteiger partial charge >= 0.3 is 0 Å². The predicted molar refractivity (Wildman–Crippen MR) is 82.9 cm³/mol. The van der Waals surface area contributed by atoms with Crippen molar-refractivity contribution in [2.24, 2.45) is 5.73 Å². The number of nitrogens with one attached hydrogen (secondary N) is 1. The van der Waals surface area contributed by atoms with Crippen LogP contribution in [0.2, 0.25) is 0 Å². The molecular formula is C13H22ClFN2O3S. The lowest BCUT2D eigenvalue weighted by Crippen LogP contribution is -2.40. The van der Waals surface area contributed by atoms with Gasteiger partial charge in [-0.15, -0.1) is 12.4 Å². The number of rotatable bonds is 8. The summed E-state index contributed by atoms with van der Waals surface area (Å²) in [4.78, 5) is -0.134. The lowest BCUT2D eigenvalue weighted by molar-refractivity contribution is 0.385. The summed E-state index contributed by atoms with van der Waals surface area (Å²) in [5.41, 5.74) is 5.55. The van der Waals surface area contributed by atoms with E-state index in [2.05, 4.69) is 4.72 Å². The van der Waals surface area contributed by atoms with Crippen molar-refractivity contribution in [3.63, 3.8) is 0 Å². The number of benzene rings is 1. The fraction of sp³-hybridized carbons (Fsp3) is 0.538. The van der Waals surface area contributed by atoms with E-state index in [9.17, 15) is 12.8 Å². The van der Waals surface area contributed by atoms with Gasteiger partial charge in [0.2, 0.25) is 10.0 Å². The summed E-state index contributed by atoms with van der Waals surface area (Å²) in [6.07, 6.45) is 2.49. The van der Waals surface area contributed by atoms with Gasteiger partial charge in [0.1, 0.15) is 0 Å². The minimum Gasteiger partial charge on any atom is -0.494 e. The summed E-state index contributed by atoms with van der Waals surface area (Å²) in [7, 11) is -2.46. The van der Waals surface area contributed by atoms with Crippen molar-refractivity contribution in [1.29, 1.82) is 0 Å². The van der Waals surface area contributed by atoms with Crippen LogP contribution in [0.5, 0.6) is 5.75 Å². The molecule has 0 heterocycles. The highest BCUT2D eigenvalue weighted by Gasteiger charge is 2.20. The molecule has 122 valence electrons. The van der Waals surface area contributed by atoms with E-state index in [0.717, 1.165) is 18.9 Å².